The molecule has 0 bridgehead atoms. The largest absolute Gasteiger partial charge is 0.494 e. The van der Waals surface area contributed by atoms with Crippen molar-refractivity contribution >= 4 is 28.8 Å². The smallest absolute Gasteiger partial charge is 0.275 e. The summed E-state index contributed by atoms with van der Waals surface area (Å²) < 4.78 is 19.2. The molecular weight excluding hydrogens is 467 g/mol. The third-order valence-electron chi connectivity index (χ3n) is 5.13. The number of hydrogen-bond acceptors (Lipinski definition) is 6. The van der Waals surface area contributed by atoms with E-state index in [1.807, 2.05) is 24.4 Å². The number of thiophene rings is 1. The highest BCUT2D eigenvalue weighted by Crippen LogP contribution is 2.33. The van der Waals surface area contributed by atoms with E-state index < -0.39 is 23.7 Å². The zero-order valence-electron chi connectivity index (χ0n) is 18.9. The Balaban J connectivity index is 1.81. The van der Waals surface area contributed by atoms with E-state index >= 15 is 0 Å². The van der Waals surface area contributed by atoms with Crippen LogP contribution in [0.3, 0.4) is 0 Å². The minimum absolute atomic E-state index is 0.109. The first-order chi connectivity index (χ1) is 17.1. The topological polar surface area (TPSA) is 84.4 Å². The molecule has 1 unspecified atom stereocenters. The van der Waals surface area contributed by atoms with Gasteiger partial charge in [0.2, 0.25) is 0 Å². The van der Waals surface area contributed by atoms with E-state index in [2.05, 4.69) is 15.3 Å². The number of nitrogens with one attached hydrogen (secondary N) is 1. The van der Waals surface area contributed by atoms with Crippen LogP contribution < -0.4 is 10.1 Å². The Bertz CT molecular complexity index is 1270. The summed E-state index contributed by atoms with van der Waals surface area (Å²) in [5, 5.41) is 4.72. The van der Waals surface area contributed by atoms with Crippen LogP contribution in [0.2, 0.25) is 0 Å². The molecule has 0 aliphatic carbocycles. The molecule has 0 saturated carbocycles. The van der Waals surface area contributed by atoms with Crippen molar-refractivity contribution in [1.82, 2.24) is 14.9 Å². The second kappa shape index (κ2) is 11.3. The van der Waals surface area contributed by atoms with Crippen LogP contribution in [0.4, 0.5) is 10.1 Å². The first-order valence-corrected chi connectivity index (χ1v) is 11.8. The van der Waals surface area contributed by atoms with Crippen LogP contribution in [0.5, 0.6) is 5.75 Å². The van der Waals surface area contributed by atoms with Crippen molar-refractivity contribution in [3.8, 4) is 5.75 Å². The van der Waals surface area contributed by atoms with E-state index in [0.29, 0.717) is 23.6 Å². The number of halogens is 1. The number of aromatic nitrogens is 2. The number of nitrogens with zero attached hydrogens (tertiary/aromatic N) is 3. The molecule has 0 fully saturated rings. The fraction of sp³-hybridized carbons (Fsp3) is 0.154. The number of carbonyl (C=O) groups excluding carboxylic acids is 2. The number of carbonyl (C=O) groups is 2. The first kappa shape index (κ1) is 24.0. The monoisotopic (exact) mass is 490 g/mol. The van der Waals surface area contributed by atoms with Gasteiger partial charge in [-0.05, 0) is 48.7 Å². The Kier molecular flexibility index (Phi) is 7.79. The highest BCUT2D eigenvalue weighted by Gasteiger charge is 2.35. The summed E-state index contributed by atoms with van der Waals surface area (Å²) >= 11 is 1.47. The Morgan fingerprint density at radius 2 is 1.89 bits per heavy atom. The van der Waals surface area contributed by atoms with Gasteiger partial charge in [0.1, 0.15) is 23.3 Å². The molecule has 0 aliphatic heterocycles. The van der Waals surface area contributed by atoms with Crippen molar-refractivity contribution in [3.05, 3.63) is 107 Å². The van der Waals surface area contributed by atoms with Crippen molar-refractivity contribution in [2.75, 3.05) is 11.9 Å². The van der Waals surface area contributed by atoms with Crippen molar-refractivity contribution in [2.45, 2.75) is 19.5 Å². The molecule has 1 N–H and O–H groups in total. The summed E-state index contributed by atoms with van der Waals surface area (Å²) in [4.78, 5) is 38.0. The quantitative estimate of drug-likeness (QED) is 0.353. The molecule has 4 rings (SSSR count). The van der Waals surface area contributed by atoms with E-state index in [-0.39, 0.29) is 12.2 Å². The SMILES string of the molecule is CCOc1ccccc1C(C(=O)Nc1ccc(F)cc1)N(Cc1cccs1)C(=O)c1cnccn1. The second-order valence-electron chi connectivity index (χ2n) is 7.47. The normalized spacial score (nSPS) is 11.5. The molecule has 4 aromatic rings. The molecule has 0 aliphatic rings. The lowest BCUT2D eigenvalue weighted by atomic mass is 10.0. The number of anilines is 1. The van der Waals surface area contributed by atoms with E-state index in [1.54, 1.807) is 24.3 Å². The lowest BCUT2D eigenvalue weighted by molar-refractivity contribution is -0.121. The fourth-order valence-corrected chi connectivity index (χ4v) is 4.30. The molecule has 35 heavy (non-hydrogen) atoms. The average Bonchev–Trinajstić information content (AvgIpc) is 3.40. The summed E-state index contributed by atoms with van der Waals surface area (Å²) in [5.41, 5.74) is 1.03. The molecule has 1 atom stereocenters. The summed E-state index contributed by atoms with van der Waals surface area (Å²) in [6.45, 7) is 2.39. The predicted octanol–water partition coefficient (Wildman–Crippen LogP) is 5.10. The van der Waals surface area contributed by atoms with Gasteiger partial charge in [0.15, 0.2) is 0 Å². The van der Waals surface area contributed by atoms with Gasteiger partial charge in [0.05, 0.1) is 19.3 Å². The molecule has 0 radical (unpaired) electrons. The van der Waals surface area contributed by atoms with Crippen LogP contribution in [-0.4, -0.2) is 33.3 Å². The van der Waals surface area contributed by atoms with Crippen molar-refractivity contribution in [3.63, 3.8) is 0 Å². The number of ether oxygens (including phenoxy) is 1. The van der Waals surface area contributed by atoms with Crippen LogP contribution in [0.1, 0.15) is 33.9 Å². The summed E-state index contributed by atoms with van der Waals surface area (Å²) in [6, 6.07) is 15.2. The van der Waals surface area contributed by atoms with E-state index in [9.17, 15) is 14.0 Å². The molecule has 2 amide bonds. The molecule has 0 saturated heterocycles. The number of rotatable bonds is 9. The highest BCUT2D eigenvalue weighted by atomic mass is 32.1. The van der Waals surface area contributed by atoms with Gasteiger partial charge in [-0.25, -0.2) is 9.37 Å². The van der Waals surface area contributed by atoms with Crippen LogP contribution in [0.25, 0.3) is 0 Å². The van der Waals surface area contributed by atoms with Crippen molar-refractivity contribution < 1.29 is 18.7 Å². The predicted molar refractivity (Wildman–Crippen MR) is 132 cm³/mol. The molecule has 2 aromatic heterocycles. The Hall–Kier alpha value is -4.11. The van der Waals surface area contributed by atoms with Crippen LogP contribution in [-0.2, 0) is 11.3 Å². The van der Waals surface area contributed by atoms with E-state index in [1.165, 1.54) is 59.1 Å². The molecule has 2 heterocycles. The Morgan fingerprint density at radius 3 is 2.57 bits per heavy atom. The Labute approximate surface area is 206 Å². The maximum absolute atomic E-state index is 13.8. The average molecular weight is 491 g/mol. The summed E-state index contributed by atoms with van der Waals surface area (Å²) in [7, 11) is 0. The fourth-order valence-electron chi connectivity index (χ4n) is 3.60. The zero-order valence-corrected chi connectivity index (χ0v) is 19.7. The van der Waals surface area contributed by atoms with Gasteiger partial charge < -0.3 is 15.0 Å². The minimum atomic E-state index is -1.07. The van der Waals surface area contributed by atoms with Gasteiger partial charge >= 0.3 is 0 Å². The number of hydrogen-bond donors (Lipinski definition) is 1. The van der Waals surface area contributed by atoms with Gasteiger partial charge in [-0.3, -0.25) is 14.6 Å². The van der Waals surface area contributed by atoms with Crippen LogP contribution in [0.15, 0.2) is 84.6 Å². The maximum atomic E-state index is 13.8. The molecule has 7 nitrogen and oxygen atoms in total. The highest BCUT2D eigenvalue weighted by molar-refractivity contribution is 7.09. The van der Waals surface area contributed by atoms with Crippen LogP contribution >= 0.6 is 11.3 Å². The standard InChI is InChI=1S/C26H23FN4O3S/c1-2-34-23-8-4-3-7-21(23)24(25(32)30-19-11-9-18(27)10-12-19)31(17-20-6-5-15-35-20)26(33)22-16-28-13-14-29-22/h3-16,24H,2,17H2,1H3,(H,30,32). The minimum Gasteiger partial charge on any atom is -0.494 e. The first-order valence-electron chi connectivity index (χ1n) is 10.9. The van der Waals surface area contributed by atoms with E-state index in [0.717, 1.165) is 4.88 Å². The summed E-state index contributed by atoms with van der Waals surface area (Å²) in [6.07, 6.45) is 4.27. The third-order valence-corrected chi connectivity index (χ3v) is 6.00. The van der Waals surface area contributed by atoms with Gasteiger partial charge in [0.25, 0.3) is 11.8 Å². The zero-order chi connectivity index (χ0) is 24.6. The van der Waals surface area contributed by atoms with Gasteiger partial charge in [-0.1, -0.05) is 24.3 Å². The maximum Gasteiger partial charge on any atom is 0.275 e. The van der Waals surface area contributed by atoms with Crippen LogP contribution in [0, 0.1) is 5.82 Å². The second-order valence-corrected chi connectivity index (χ2v) is 8.50. The van der Waals surface area contributed by atoms with E-state index in [4.69, 9.17) is 4.74 Å². The lowest BCUT2D eigenvalue weighted by Crippen LogP contribution is -2.41. The Morgan fingerprint density at radius 1 is 1.09 bits per heavy atom. The van der Waals surface area contributed by atoms with Gasteiger partial charge in [-0.2, -0.15) is 0 Å². The van der Waals surface area contributed by atoms with Gasteiger partial charge in [-0.15, -0.1) is 11.3 Å². The molecule has 2 aromatic carbocycles. The molecule has 178 valence electrons. The lowest BCUT2D eigenvalue weighted by Gasteiger charge is -2.31. The molecular formula is C26H23FN4O3S. The molecule has 9 heteroatoms. The van der Waals surface area contributed by atoms with Gasteiger partial charge in [0, 0.05) is 28.5 Å². The number of para-hydroxylation sites is 1. The van der Waals surface area contributed by atoms with Crippen molar-refractivity contribution in [1.29, 1.82) is 0 Å². The molecule has 0 spiro atoms. The van der Waals surface area contributed by atoms with Crippen molar-refractivity contribution in [2.24, 2.45) is 0 Å². The number of amides is 2. The number of benzene rings is 2. The third kappa shape index (κ3) is 5.88. The summed E-state index contributed by atoms with van der Waals surface area (Å²) in [5.74, 6) is -0.870.